The molecular weight excluding hydrogens is 386 g/mol. The monoisotopic (exact) mass is 411 g/mol. The van der Waals surface area contributed by atoms with Gasteiger partial charge >= 0.3 is 0 Å². The molecule has 4 heterocycles. The number of piperidine rings is 1. The molecule has 152 valence electrons. The largest absolute Gasteiger partial charge is 0.338 e. The number of rotatable bonds is 3. The van der Waals surface area contributed by atoms with Gasteiger partial charge in [-0.2, -0.15) is 0 Å². The average molecular weight is 412 g/mol. The number of likely N-dealkylation sites (tertiary alicyclic amines) is 2. The van der Waals surface area contributed by atoms with E-state index in [2.05, 4.69) is 11.0 Å². The quantitative estimate of drug-likeness (QED) is 0.778. The molecule has 0 N–H and O–H groups in total. The van der Waals surface area contributed by atoms with Crippen molar-refractivity contribution >= 4 is 17.5 Å². The van der Waals surface area contributed by atoms with E-state index in [4.69, 9.17) is 11.6 Å². The Hall–Kier alpha value is -2.11. The Morgan fingerprint density at radius 2 is 1.76 bits per heavy atom. The van der Waals surface area contributed by atoms with Crippen LogP contribution < -0.4 is 5.56 Å². The zero-order valence-electron chi connectivity index (χ0n) is 16.5. The van der Waals surface area contributed by atoms with Crippen LogP contribution in [0.1, 0.15) is 46.8 Å². The minimum atomic E-state index is 0.0535. The minimum absolute atomic E-state index is 0.0535. The molecule has 1 amide bonds. The predicted molar refractivity (Wildman–Crippen MR) is 113 cm³/mol. The molecule has 0 radical (unpaired) electrons. The Kier molecular flexibility index (Phi) is 4.96. The molecule has 0 saturated carbocycles. The third kappa shape index (κ3) is 3.62. The summed E-state index contributed by atoms with van der Waals surface area (Å²) in [5.74, 6) is 0.613. The lowest BCUT2D eigenvalue weighted by molar-refractivity contribution is 0.0594. The predicted octanol–water partition coefficient (Wildman–Crippen LogP) is 3.36. The van der Waals surface area contributed by atoms with Crippen molar-refractivity contribution in [2.45, 2.75) is 38.3 Å². The third-order valence-electron chi connectivity index (χ3n) is 6.65. The van der Waals surface area contributed by atoms with Gasteiger partial charge in [-0.05, 0) is 68.6 Å². The molecule has 2 atom stereocenters. The number of carbonyl (C=O) groups is 1. The van der Waals surface area contributed by atoms with E-state index in [0.29, 0.717) is 36.1 Å². The van der Waals surface area contributed by atoms with Crippen LogP contribution in [0.4, 0.5) is 0 Å². The van der Waals surface area contributed by atoms with Crippen molar-refractivity contribution in [3.8, 4) is 0 Å². The molecule has 0 aliphatic carbocycles. The van der Waals surface area contributed by atoms with E-state index >= 15 is 0 Å². The van der Waals surface area contributed by atoms with Crippen LogP contribution >= 0.6 is 11.6 Å². The number of pyridine rings is 1. The van der Waals surface area contributed by atoms with Crippen LogP contribution in [-0.2, 0) is 13.1 Å². The van der Waals surface area contributed by atoms with Gasteiger partial charge in [-0.25, -0.2) is 0 Å². The van der Waals surface area contributed by atoms with E-state index in [1.807, 2.05) is 15.5 Å². The third-order valence-corrected chi connectivity index (χ3v) is 6.91. The van der Waals surface area contributed by atoms with Crippen LogP contribution in [0, 0.1) is 5.92 Å². The van der Waals surface area contributed by atoms with E-state index < -0.39 is 0 Å². The normalized spacial score (nSPS) is 23.8. The summed E-state index contributed by atoms with van der Waals surface area (Å²) in [6.45, 7) is 5.03. The number of carbonyl (C=O) groups excluding carboxylic acids is 1. The van der Waals surface area contributed by atoms with Crippen LogP contribution in [0.15, 0.2) is 41.2 Å². The molecule has 0 spiro atoms. The summed E-state index contributed by atoms with van der Waals surface area (Å²) < 4.78 is 1.99. The fraction of sp³-hybridized carbons (Fsp3) is 0.478. The van der Waals surface area contributed by atoms with Gasteiger partial charge in [0.2, 0.25) is 0 Å². The maximum Gasteiger partial charge on any atom is 0.255 e. The van der Waals surface area contributed by atoms with E-state index in [1.54, 1.807) is 24.3 Å². The molecule has 2 fully saturated rings. The smallest absolute Gasteiger partial charge is 0.255 e. The maximum atomic E-state index is 13.1. The number of amides is 1. The molecule has 3 aliphatic heterocycles. The van der Waals surface area contributed by atoms with Crippen molar-refractivity contribution < 1.29 is 4.79 Å². The van der Waals surface area contributed by atoms with Gasteiger partial charge in [0.25, 0.3) is 11.5 Å². The standard InChI is InChI=1S/C23H26ClN3O2/c24-20-6-3-17(4-7-20)22(28)26-12-16-11-19(15-26)21-8-5-18(23(29)27(21)13-16)14-25-9-1-2-10-25/h3-8,16,19H,1-2,9-15H2/t16-,19+/m0/s1. The molecule has 5 nitrogen and oxygen atoms in total. The minimum Gasteiger partial charge on any atom is -0.338 e. The number of aromatic nitrogens is 1. The first-order chi connectivity index (χ1) is 14.1. The first-order valence-corrected chi connectivity index (χ1v) is 11.0. The SMILES string of the molecule is O=C(c1ccc(Cl)cc1)N1C[C@@H]2C[C@H](C1)c1ccc(CN3CCCC3)c(=O)n1C2. The van der Waals surface area contributed by atoms with Gasteiger partial charge in [-0.15, -0.1) is 0 Å². The lowest BCUT2D eigenvalue weighted by Crippen LogP contribution is -2.49. The maximum absolute atomic E-state index is 13.1. The van der Waals surface area contributed by atoms with Gasteiger partial charge < -0.3 is 9.47 Å². The zero-order valence-corrected chi connectivity index (χ0v) is 17.3. The fourth-order valence-corrected chi connectivity index (χ4v) is 5.36. The number of hydrogen-bond acceptors (Lipinski definition) is 3. The van der Waals surface area contributed by atoms with Gasteiger partial charge in [-0.1, -0.05) is 17.7 Å². The molecule has 0 unspecified atom stereocenters. The highest BCUT2D eigenvalue weighted by Gasteiger charge is 2.37. The highest BCUT2D eigenvalue weighted by molar-refractivity contribution is 6.30. The van der Waals surface area contributed by atoms with Crippen LogP contribution in [0.25, 0.3) is 0 Å². The first-order valence-electron chi connectivity index (χ1n) is 10.6. The molecule has 5 rings (SSSR count). The average Bonchev–Trinajstić information content (AvgIpc) is 3.23. The summed E-state index contributed by atoms with van der Waals surface area (Å²) in [6, 6.07) is 11.2. The summed E-state index contributed by atoms with van der Waals surface area (Å²) >= 11 is 5.96. The first kappa shape index (κ1) is 18.9. The van der Waals surface area contributed by atoms with Gasteiger partial charge in [0, 0.05) is 53.9 Å². The second-order valence-corrected chi connectivity index (χ2v) is 9.13. The summed E-state index contributed by atoms with van der Waals surface area (Å²) in [6.07, 6.45) is 3.51. The van der Waals surface area contributed by atoms with E-state index in [1.165, 1.54) is 12.8 Å². The molecule has 2 saturated heterocycles. The highest BCUT2D eigenvalue weighted by Crippen LogP contribution is 2.35. The van der Waals surface area contributed by atoms with E-state index in [9.17, 15) is 9.59 Å². The zero-order chi connectivity index (χ0) is 20.0. The number of nitrogens with zero attached hydrogens (tertiary/aromatic N) is 3. The Labute approximate surface area is 175 Å². The number of halogens is 1. The Morgan fingerprint density at radius 1 is 1.00 bits per heavy atom. The molecular formula is C23H26ClN3O2. The topological polar surface area (TPSA) is 45.6 Å². The van der Waals surface area contributed by atoms with Crippen LogP contribution in [-0.4, -0.2) is 46.5 Å². The lowest BCUT2D eigenvalue weighted by atomic mass is 9.82. The number of hydrogen-bond donors (Lipinski definition) is 0. The molecule has 1 aromatic heterocycles. The second-order valence-electron chi connectivity index (χ2n) is 8.70. The highest BCUT2D eigenvalue weighted by atomic mass is 35.5. The summed E-state index contributed by atoms with van der Waals surface area (Å²) in [5, 5.41) is 0.634. The van der Waals surface area contributed by atoms with Crippen molar-refractivity contribution in [2.24, 2.45) is 5.92 Å². The number of benzene rings is 1. The molecule has 2 bridgehead atoms. The van der Waals surface area contributed by atoms with Crippen molar-refractivity contribution in [1.82, 2.24) is 14.4 Å². The van der Waals surface area contributed by atoms with Gasteiger partial charge in [0.1, 0.15) is 0 Å². The molecule has 6 heteroatoms. The summed E-state index contributed by atoms with van der Waals surface area (Å²) in [7, 11) is 0. The van der Waals surface area contributed by atoms with E-state index in [-0.39, 0.29) is 17.4 Å². The van der Waals surface area contributed by atoms with Gasteiger partial charge in [0.05, 0.1) is 0 Å². The van der Waals surface area contributed by atoms with Crippen LogP contribution in [0.2, 0.25) is 5.02 Å². The van der Waals surface area contributed by atoms with Gasteiger partial charge in [-0.3, -0.25) is 14.5 Å². The lowest BCUT2D eigenvalue weighted by Gasteiger charge is -2.43. The Balaban J connectivity index is 1.38. The Morgan fingerprint density at radius 3 is 2.52 bits per heavy atom. The molecule has 2 aromatic rings. The van der Waals surface area contributed by atoms with Crippen molar-refractivity contribution in [2.75, 3.05) is 26.2 Å². The van der Waals surface area contributed by atoms with Crippen molar-refractivity contribution in [3.05, 3.63) is 68.6 Å². The van der Waals surface area contributed by atoms with E-state index in [0.717, 1.165) is 37.3 Å². The fourth-order valence-electron chi connectivity index (χ4n) is 5.23. The van der Waals surface area contributed by atoms with Gasteiger partial charge in [0.15, 0.2) is 0 Å². The molecule has 1 aromatic carbocycles. The molecule has 3 aliphatic rings. The van der Waals surface area contributed by atoms with Crippen molar-refractivity contribution in [1.29, 1.82) is 0 Å². The van der Waals surface area contributed by atoms with Crippen molar-refractivity contribution in [3.63, 3.8) is 0 Å². The van der Waals surface area contributed by atoms with Crippen LogP contribution in [0.3, 0.4) is 0 Å². The van der Waals surface area contributed by atoms with Crippen LogP contribution in [0.5, 0.6) is 0 Å². The second kappa shape index (κ2) is 7.62. The molecule has 29 heavy (non-hydrogen) atoms. The Bertz CT molecular complexity index is 979. The number of fused-ring (bicyclic) bond motifs is 4. The summed E-state index contributed by atoms with van der Waals surface area (Å²) in [4.78, 5) is 30.4. The summed E-state index contributed by atoms with van der Waals surface area (Å²) in [5.41, 5.74) is 2.84.